The van der Waals surface area contributed by atoms with Crippen molar-refractivity contribution in [2.75, 3.05) is 0 Å². The Morgan fingerprint density at radius 1 is 1.18 bits per heavy atom. The Bertz CT molecular complexity index is 667. The number of carbonyl (C=O) groups excluding carboxylic acids is 1. The molecule has 1 heterocycles. The van der Waals surface area contributed by atoms with E-state index in [1.807, 2.05) is 0 Å². The molecule has 0 saturated carbocycles. The fraction of sp³-hybridized carbons (Fsp3) is 0.438. The molecule has 3 nitrogen and oxygen atoms in total. The number of carbonyl (C=O) groups is 1. The zero-order chi connectivity index (χ0) is 16.1. The smallest absolute Gasteiger partial charge is 0.312 e. The first-order valence-electron chi connectivity index (χ1n) is 7.41. The Balaban J connectivity index is 2.05. The van der Waals surface area contributed by atoms with Crippen molar-refractivity contribution in [3.63, 3.8) is 0 Å². The molecule has 0 bridgehead atoms. The number of hydrogen-bond acceptors (Lipinski definition) is 2. The molecule has 0 N–H and O–H groups in total. The van der Waals surface area contributed by atoms with E-state index in [1.54, 1.807) is 18.2 Å². The third kappa shape index (κ3) is 3.89. The molecule has 0 atom stereocenters. The maximum atomic E-state index is 11.9. The first-order valence-corrected chi connectivity index (χ1v) is 8.51. The van der Waals surface area contributed by atoms with E-state index in [1.165, 1.54) is 16.9 Å². The van der Waals surface area contributed by atoms with Gasteiger partial charge >= 0.3 is 5.97 Å². The molecule has 0 aliphatic rings. The zero-order valence-corrected chi connectivity index (χ0v) is 14.6. The van der Waals surface area contributed by atoms with E-state index in [0.29, 0.717) is 22.3 Å². The van der Waals surface area contributed by atoms with Crippen molar-refractivity contribution in [3.05, 3.63) is 28.2 Å². The second kappa shape index (κ2) is 8.09. The van der Waals surface area contributed by atoms with Crippen LogP contribution in [0.4, 0.5) is 0 Å². The van der Waals surface area contributed by atoms with Crippen LogP contribution in [0, 0.1) is 0 Å². The van der Waals surface area contributed by atoms with Crippen LogP contribution in [0.3, 0.4) is 0 Å². The topological polar surface area (TPSA) is 31.2 Å². The highest BCUT2D eigenvalue weighted by Crippen LogP contribution is 2.41. The van der Waals surface area contributed by atoms with E-state index in [-0.39, 0.29) is 16.9 Å². The SMILES string of the molecule is CCCCCCCC(=O)Oc1c(Cl)c2c(Cl)cccc2n1Cl. The molecule has 120 valence electrons. The highest BCUT2D eigenvalue weighted by atomic mass is 35.5. The summed E-state index contributed by atoms with van der Waals surface area (Å²) < 4.78 is 6.56. The monoisotopic (exact) mass is 361 g/mol. The summed E-state index contributed by atoms with van der Waals surface area (Å²) in [6, 6.07) is 5.24. The van der Waals surface area contributed by atoms with Gasteiger partial charge in [0.15, 0.2) is 0 Å². The summed E-state index contributed by atoms with van der Waals surface area (Å²) in [6.07, 6.45) is 5.68. The van der Waals surface area contributed by atoms with E-state index in [0.717, 1.165) is 19.3 Å². The Kier molecular flexibility index (Phi) is 6.42. The van der Waals surface area contributed by atoms with Gasteiger partial charge < -0.3 is 4.74 Å². The third-order valence-corrected chi connectivity index (χ3v) is 4.48. The van der Waals surface area contributed by atoms with Gasteiger partial charge in [-0.1, -0.05) is 61.9 Å². The van der Waals surface area contributed by atoms with Gasteiger partial charge in [-0.25, -0.2) is 4.09 Å². The van der Waals surface area contributed by atoms with Crippen LogP contribution in [-0.2, 0) is 4.79 Å². The van der Waals surface area contributed by atoms with Gasteiger partial charge in [-0.05, 0) is 18.6 Å². The van der Waals surface area contributed by atoms with Gasteiger partial charge in [-0.15, -0.1) is 0 Å². The van der Waals surface area contributed by atoms with Gasteiger partial charge in [0, 0.05) is 23.6 Å². The van der Waals surface area contributed by atoms with Gasteiger partial charge in [0.25, 0.3) is 0 Å². The minimum atomic E-state index is -0.334. The van der Waals surface area contributed by atoms with Crippen LogP contribution in [-0.4, -0.2) is 10.1 Å². The lowest BCUT2D eigenvalue weighted by molar-refractivity contribution is -0.134. The lowest BCUT2D eigenvalue weighted by Crippen LogP contribution is -2.09. The van der Waals surface area contributed by atoms with Crippen LogP contribution in [0.25, 0.3) is 10.9 Å². The molecule has 2 rings (SSSR count). The van der Waals surface area contributed by atoms with Crippen LogP contribution in [0.2, 0.25) is 10.0 Å². The predicted molar refractivity (Wildman–Crippen MR) is 92.2 cm³/mol. The normalized spacial score (nSPS) is 11.1. The molecular formula is C16H18Cl3NO2. The summed E-state index contributed by atoms with van der Waals surface area (Å²) in [5.74, 6) is -0.204. The number of aromatic nitrogens is 1. The molecule has 0 spiro atoms. The maximum Gasteiger partial charge on any atom is 0.312 e. The number of halogens is 3. The van der Waals surface area contributed by atoms with E-state index >= 15 is 0 Å². The van der Waals surface area contributed by atoms with E-state index in [2.05, 4.69) is 6.92 Å². The molecular weight excluding hydrogens is 345 g/mol. The van der Waals surface area contributed by atoms with Crippen LogP contribution in [0.5, 0.6) is 5.88 Å². The largest absolute Gasteiger partial charge is 0.406 e. The quantitative estimate of drug-likeness (QED) is 0.432. The molecule has 0 aliphatic carbocycles. The van der Waals surface area contributed by atoms with Crippen LogP contribution in [0.15, 0.2) is 18.2 Å². The number of nitrogens with zero attached hydrogens (tertiary/aromatic N) is 1. The highest BCUT2D eigenvalue weighted by Gasteiger charge is 2.20. The summed E-state index contributed by atoms with van der Waals surface area (Å²) in [6.45, 7) is 2.15. The minimum absolute atomic E-state index is 0.130. The van der Waals surface area contributed by atoms with Crippen molar-refractivity contribution < 1.29 is 9.53 Å². The van der Waals surface area contributed by atoms with Crippen molar-refractivity contribution in [3.8, 4) is 5.88 Å². The average Bonchev–Trinajstić information content (AvgIpc) is 2.73. The molecule has 22 heavy (non-hydrogen) atoms. The molecule has 0 aliphatic heterocycles. The predicted octanol–water partition coefficient (Wildman–Crippen LogP) is 6.22. The molecule has 6 heteroatoms. The number of fused-ring (bicyclic) bond motifs is 1. The van der Waals surface area contributed by atoms with Crippen molar-refractivity contribution in [1.82, 2.24) is 4.09 Å². The Morgan fingerprint density at radius 2 is 1.91 bits per heavy atom. The van der Waals surface area contributed by atoms with Gasteiger partial charge in [0.05, 0.1) is 10.5 Å². The van der Waals surface area contributed by atoms with Gasteiger partial charge in [-0.2, -0.15) is 0 Å². The number of rotatable bonds is 7. The molecule has 0 radical (unpaired) electrons. The van der Waals surface area contributed by atoms with E-state index < -0.39 is 0 Å². The first kappa shape index (κ1) is 17.5. The molecule has 0 fully saturated rings. The van der Waals surface area contributed by atoms with Crippen molar-refractivity contribution >= 4 is 51.9 Å². The van der Waals surface area contributed by atoms with Gasteiger partial charge in [0.2, 0.25) is 5.88 Å². The number of ether oxygens (including phenoxy) is 1. The van der Waals surface area contributed by atoms with Crippen LogP contribution in [0.1, 0.15) is 45.4 Å². The van der Waals surface area contributed by atoms with E-state index in [9.17, 15) is 4.79 Å². The fourth-order valence-corrected chi connectivity index (χ4v) is 3.25. The summed E-state index contributed by atoms with van der Waals surface area (Å²) in [7, 11) is 0. The lowest BCUT2D eigenvalue weighted by Gasteiger charge is -2.05. The third-order valence-electron chi connectivity index (χ3n) is 3.48. The summed E-state index contributed by atoms with van der Waals surface area (Å²) in [5, 5.41) is 1.32. The molecule has 0 saturated heterocycles. The van der Waals surface area contributed by atoms with Crippen molar-refractivity contribution in [2.45, 2.75) is 45.4 Å². The lowest BCUT2D eigenvalue weighted by atomic mass is 10.1. The Morgan fingerprint density at radius 3 is 2.59 bits per heavy atom. The Labute approximate surface area is 145 Å². The molecule has 0 amide bonds. The zero-order valence-electron chi connectivity index (χ0n) is 12.4. The second-order valence-electron chi connectivity index (χ2n) is 5.17. The average molecular weight is 363 g/mol. The van der Waals surface area contributed by atoms with Crippen LogP contribution >= 0.6 is 35.0 Å². The Hall–Kier alpha value is -0.900. The maximum absolute atomic E-state index is 11.9. The number of benzene rings is 1. The number of unbranched alkanes of at least 4 members (excludes halogenated alkanes) is 4. The highest BCUT2D eigenvalue weighted by molar-refractivity contribution is 6.44. The van der Waals surface area contributed by atoms with Gasteiger partial charge in [0.1, 0.15) is 5.02 Å². The minimum Gasteiger partial charge on any atom is -0.406 e. The summed E-state index contributed by atoms with van der Waals surface area (Å²) in [5.41, 5.74) is 0.616. The molecule has 2 aromatic rings. The first-order chi connectivity index (χ1) is 10.6. The summed E-state index contributed by atoms with van der Waals surface area (Å²) >= 11 is 18.5. The number of hydrogen-bond donors (Lipinski definition) is 0. The molecule has 1 aromatic heterocycles. The van der Waals surface area contributed by atoms with Crippen LogP contribution < -0.4 is 4.74 Å². The van der Waals surface area contributed by atoms with Gasteiger partial charge in [-0.3, -0.25) is 4.79 Å². The number of esters is 1. The molecule has 0 unspecified atom stereocenters. The van der Waals surface area contributed by atoms with E-state index in [4.69, 9.17) is 39.7 Å². The molecule has 1 aromatic carbocycles. The standard InChI is InChI=1S/C16H18Cl3NO2/c1-2-3-4-5-6-10-13(21)22-16-15(18)14-11(17)8-7-9-12(14)20(16)19/h7-9H,2-6,10H2,1H3. The van der Waals surface area contributed by atoms with Crippen molar-refractivity contribution in [2.24, 2.45) is 0 Å². The summed E-state index contributed by atoms with van der Waals surface area (Å²) in [4.78, 5) is 11.9. The van der Waals surface area contributed by atoms with Crippen molar-refractivity contribution in [1.29, 1.82) is 0 Å². The second-order valence-corrected chi connectivity index (χ2v) is 6.30. The fourth-order valence-electron chi connectivity index (χ4n) is 2.31.